The smallest absolute Gasteiger partial charge is 0.242 e. The molecule has 4 rings (SSSR count). The first kappa shape index (κ1) is 14.8. The van der Waals surface area contributed by atoms with Crippen LogP contribution in [-0.2, 0) is 17.9 Å². The second-order valence-corrected chi connectivity index (χ2v) is 5.94. The van der Waals surface area contributed by atoms with Crippen LogP contribution in [0.2, 0.25) is 0 Å². The summed E-state index contributed by atoms with van der Waals surface area (Å²) < 4.78 is 7.81. The number of para-hydroxylation sites is 3. The third-order valence-corrected chi connectivity index (χ3v) is 4.35. The van der Waals surface area contributed by atoms with Crippen molar-refractivity contribution in [3.8, 4) is 5.75 Å². The number of nitrogens with zero attached hydrogens (tertiary/aromatic N) is 3. The van der Waals surface area contributed by atoms with E-state index in [1.54, 1.807) is 0 Å². The summed E-state index contributed by atoms with van der Waals surface area (Å²) in [4.78, 5) is 18.9. The lowest BCUT2D eigenvalue weighted by atomic mass is 10.2. The highest BCUT2D eigenvalue weighted by atomic mass is 16.5. The topological polar surface area (TPSA) is 47.4 Å². The van der Waals surface area contributed by atoms with Gasteiger partial charge in [0.05, 0.1) is 11.0 Å². The number of likely N-dealkylation sites (tertiary alicyclic amines) is 1. The predicted molar refractivity (Wildman–Crippen MR) is 91.7 cm³/mol. The van der Waals surface area contributed by atoms with Gasteiger partial charge in [-0.3, -0.25) is 4.79 Å². The van der Waals surface area contributed by atoms with Gasteiger partial charge < -0.3 is 14.2 Å². The normalized spacial score (nSPS) is 13.8. The van der Waals surface area contributed by atoms with Gasteiger partial charge in [-0.2, -0.15) is 0 Å². The zero-order valence-electron chi connectivity index (χ0n) is 13.4. The Morgan fingerprint density at radius 1 is 1.04 bits per heavy atom. The van der Waals surface area contributed by atoms with Gasteiger partial charge in [-0.05, 0) is 30.7 Å². The Kier molecular flexibility index (Phi) is 3.91. The molecule has 1 amide bonds. The number of hydrogen-bond acceptors (Lipinski definition) is 3. The van der Waals surface area contributed by atoms with Crippen LogP contribution in [0.25, 0.3) is 11.0 Å². The predicted octanol–water partition coefficient (Wildman–Crippen LogP) is 2.85. The van der Waals surface area contributed by atoms with E-state index in [0.29, 0.717) is 13.2 Å². The van der Waals surface area contributed by atoms with Crippen molar-refractivity contribution in [2.24, 2.45) is 0 Å². The number of amides is 1. The van der Waals surface area contributed by atoms with Crippen LogP contribution in [0.1, 0.15) is 12.2 Å². The first-order chi connectivity index (χ1) is 11.8. The highest BCUT2D eigenvalue weighted by molar-refractivity contribution is 5.81. The SMILES string of the molecule is O=C(Cn1c(COc2ccccc2)nc2ccccc21)N1CCC1. The highest BCUT2D eigenvalue weighted by Gasteiger charge is 2.22. The summed E-state index contributed by atoms with van der Waals surface area (Å²) in [5.41, 5.74) is 1.86. The molecule has 0 aliphatic carbocycles. The van der Waals surface area contributed by atoms with Gasteiger partial charge in [0, 0.05) is 13.1 Å². The van der Waals surface area contributed by atoms with Crippen LogP contribution in [0.5, 0.6) is 5.75 Å². The molecule has 0 unspecified atom stereocenters. The van der Waals surface area contributed by atoms with Gasteiger partial charge in [-0.25, -0.2) is 4.98 Å². The standard InChI is InChI=1S/C19H19N3O2/c23-19(21-11-6-12-21)13-22-17-10-5-4-9-16(17)20-18(22)14-24-15-7-2-1-3-8-15/h1-5,7-10H,6,11-14H2. The van der Waals surface area contributed by atoms with Crippen LogP contribution >= 0.6 is 0 Å². The Bertz CT molecular complexity index is 853. The molecular formula is C19H19N3O2. The lowest BCUT2D eigenvalue weighted by Gasteiger charge is -2.31. The fourth-order valence-electron chi connectivity index (χ4n) is 2.88. The van der Waals surface area contributed by atoms with Gasteiger partial charge in [0.15, 0.2) is 0 Å². The van der Waals surface area contributed by atoms with Crippen LogP contribution in [0, 0.1) is 0 Å². The van der Waals surface area contributed by atoms with E-state index in [1.165, 1.54) is 0 Å². The number of imidazole rings is 1. The van der Waals surface area contributed by atoms with E-state index in [4.69, 9.17) is 4.74 Å². The minimum absolute atomic E-state index is 0.144. The number of fused-ring (bicyclic) bond motifs is 1. The van der Waals surface area contributed by atoms with Crippen LogP contribution in [0.3, 0.4) is 0 Å². The van der Waals surface area contributed by atoms with E-state index in [1.807, 2.05) is 64.1 Å². The molecule has 1 aliphatic heterocycles. The quantitative estimate of drug-likeness (QED) is 0.726. The van der Waals surface area contributed by atoms with Crippen LogP contribution < -0.4 is 4.74 Å². The van der Waals surface area contributed by atoms with Gasteiger partial charge in [-0.15, -0.1) is 0 Å². The fraction of sp³-hybridized carbons (Fsp3) is 0.263. The maximum Gasteiger partial charge on any atom is 0.242 e. The van der Waals surface area contributed by atoms with Gasteiger partial charge in [0.25, 0.3) is 0 Å². The number of benzene rings is 2. The maximum absolute atomic E-state index is 12.4. The largest absolute Gasteiger partial charge is 0.486 e. The Morgan fingerprint density at radius 2 is 1.79 bits per heavy atom. The fourth-order valence-corrected chi connectivity index (χ4v) is 2.88. The molecular weight excluding hydrogens is 302 g/mol. The van der Waals surface area contributed by atoms with Crippen molar-refractivity contribution in [1.29, 1.82) is 0 Å². The third-order valence-electron chi connectivity index (χ3n) is 4.35. The van der Waals surface area contributed by atoms with Gasteiger partial charge in [0.1, 0.15) is 24.7 Å². The first-order valence-corrected chi connectivity index (χ1v) is 8.21. The molecule has 0 N–H and O–H groups in total. The number of carbonyl (C=O) groups is 1. The summed E-state index contributed by atoms with van der Waals surface area (Å²) >= 11 is 0. The minimum atomic E-state index is 0.144. The average molecular weight is 321 g/mol. The molecule has 2 heterocycles. The second kappa shape index (κ2) is 6.35. The Labute approximate surface area is 140 Å². The van der Waals surface area contributed by atoms with Crippen LogP contribution in [0.4, 0.5) is 0 Å². The van der Waals surface area contributed by atoms with Gasteiger partial charge >= 0.3 is 0 Å². The maximum atomic E-state index is 12.4. The summed E-state index contributed by atoms with van der Waals surface area (Å²) in [6.45, 7) is 2.38. The number of hydrogen-bond donors (Lipinski definition) is 0. The molecule has 2 aromatic carbocycles. The average Bonchev–Trinajstić information content (AvgIpc) is 2.90. The summed E-state index contributed by atoms with van der Waals surface area (Å²) in [6, 6.07) is 17.5. The van der Waals surface area contributed by atoms with E-state index in [2.05, 4.69) is 4.98 Å². The molecule has 1 saturated heterocycles. The Morgan fingerprint density at radius 3 is 2.54 bits per heavy atom. The number of rotatable bonds is 5. The highest BCUT2D eigenvalue weighted by Crippen LogP contribution is 2.19. The number of carbonyl (C=O) groups excluding carboxylic acids is 1. The molecule has 3 aromatic rings. The molecule has 1 aromatic heterocycles. The Hall–Kier alpha value is -2.82. The second-order valence-electron chi connectivity index (χ2n) is 5.94. The number of ether oxygens (including phenoxy) is 1. The van der Waals surface area contributed by atoms with Crippen LogP contribution in [0.15, 0.2) is 54.6 Å². The van der Waals surface area contributed by atoms with E-state index in [0.717, 1.165) is 42.1 Å². The Balaban J connectivity index is 1.60. The molecule has 122 valence electrons. The zero-order chi connectivity index (χ0) is 16.4. The monoisotopic (exact) mass is 321 g/mol. The summed E-state index contributed by atoms with van der Waals surface area (Å²) in [6.07, 6.45) is 1.10. The molecule has 1 aliphatic rings. The third kappa shape index (κ3) is 2.85. The molecule has 0 spiro atoms. The van der Waals surface area contributed by atoms with E-state index < -0.39 is 0 Å². The van der Waals surface area contributed by atoms with E-state index >= 15 is 0 Å². The first-order valence-electron chi connectivity index (χ1n) is 8.21. The van der Waals surface area contributed by atoms with Crippen molar-refractivity contribution >= 4 is 16.9 Å². The van der Waals surface area contributed by atoms with Crippen molar-refractivity contribution in [3.05, 3.63) is 60.4 Å². The lowest BCUT2D eigenvalue weighted by molar-refractivity contribution is -0.135. The molecule has 0 saturated carbocycles. The van der Waals surface area contributed by atoms with Crippen molar-refractivity contribution in [1.82, 2.24) is 14.5 Å². The van der Waals surface area contributed by atoms with E-state index in [-0.39, 0.29) is 5.91 Å². The minimum Gasteiger partial charge on any atom is -0.486 e. The molecule has 0 atom stereocenters. The lowest BCUT2D eigenvalue weighted by Crippen LogP contribution is -2.43. The molecule has 0 bridgehead atoms. The van der Waals surface area contributed by atoms with Crippen molar-refractivity contribution in [2.75, 3.05) is 13.1 Å². The summed E-state index contributed by atoms with van der Waals surface area (Å²) in [5.74, 6) is 1.71. The molecule has 24 heavy (non-hydrogen) atoms. The molecule has 0 radical (unpaired) electrons. The summed E-state index contributed by atoms with van der Waals surface area (Å²) in [7, 11) is 0. The molecule has 5 nitrogen and oxygen atoms in total. The summed E-state index contributed by atoms with van der Waals surface area (Å²) in [5, 5.41) is 0. The van der Waals surface area contributed by atoms with Crippen LogP contribution in [-0.4, -0.2) is 33.4 Å². The van der Waals surface area contributed by atoms with Gasteiger partial charge in [-0.1, -0.05) is 30.3 Å². The van der Waals surface area contributed by atoms with Crippen molar-refractivity contribution in [2.45, 2.75) is 19.6 Å². The zero-order valence-corrected chi connectivity index (χ0v) is 13.4. The van der Waals surface area contributed by atoms with Gasteiger partial charge in [0.2, 0.25) is 5.91 Å². The van der Waals surface area contributed by atoms with Crippen molar-refractivity contribution < 1.29 is 9.53 Å². The van der Waals surface area contributed by atoms with E-state index in [9.17, 15) is 4.79 Å². The molecule has 5 heteroatoms. The number of aromatic nitrogens is 2. The molecule has 1 fully saturated rings. The van der Waals surface area contributed by atoms with Crippen molar-refractivity contribution in [3.63, 3.8) is 0 Å².